The maximum atomic E-state index is 5.83. The molecule has 0 spiro atoms. The molecular weight excluding hydrogens is 232 g/mol. The van der Waals surface area contributed by atoms with Crippen LogP contribution in [0.1, 0.15) is 79.6 Å². The maximum Gasteiger partial charge on any atom is 0.0241 e. The first-order chi connectivity index (χ1) is 8.85. The van der Waals surface area contributed by atoms with Gasteiger partial charge in [0.2, 0.25) is 0 Å². The van der Waals surface area contributed by atoms with E-state index in [1.807, 2.05) is 0 Å². The Bertz CT molecular complexity index is 236. The average Bonchev–Trinajstić information content (AvgIpc) is 2.34. The molecule has 1 rings (SSSR count). The third kappa shape index (κ3) is 6.27. The highest BCUT2D eigenvalue weighted by molar-refractivity contribution is 4.82. The molecule has 0 amide bonds. The summed E-state index contributed by atoms with van der Waals surface area (Å²) in [5.41, 5.74) is 3.55. The van der Waals surface area contributed by atoms with Crippen molar-refractivity contribution in [1.82, 2.24) is 5.43 Å². The highest BCUT2D eigenvalue weighted by Gasteiger charge is 2.28. The molecule has 2 atom stereocenters. The number of hydrazine groups is 1. The highest BCUT2D eigenvalue weighted by atomic mass is 15.2. The predicted molar refractivity (Wildman–Crippen MR) is 84.7 cm³/mol. The Balaban J connectivity index is 2.41. The SMILES string of the molecule is CCC1CCC(C(CC(C)CC(C)(C)C)NN)CC1. The van der Waals surface area contributed by atoms with Crippen molar-refractivity contribution in [1.29, 1.82) is 0 Å². The van der Waals surface area contributed by atoms with E-state index in [-0.39, 0.29) is 0 Å². The standard InChI is InChI=1S/C17H36N2/c1-6-14-7-9-15(10-8-14)16(19-18)11-13(2)12-17(3,4)5/h13-16,19H,6-12,18H2,1-5H3. The minimum Gasteiger partial charge on any atom is -0.271 e. The van der Waals surface area contributed by atoms with E-state index >= 15 is 0 Å². The fourth-order valence-electron chi connectivity index (χ4n) is 3.96. The van der Waals surface area contributed by atoms with Crippen LogP contribution in [0.25, 0.3) is 0 Å². The molecule has 2 nitrogen and oxygen atoms in total. The summed E-state index contributed by atoms with van der Waals surface area (Å²) in [5, 5.41) is 0. The normalized spacial score (nSPS) is 28.1. The summed E-state index contributed by atoms with van der Waals surface area (Å²) < 4.78 is 0. The predicted octanol–water partition coefficient (Wildman–Crippen LogP) is 4.50. The molecule has 0 aromatic rings. The monoisotopic (exact) mass is 268 g/mol. The molecule has 0 radical (unpaired) electrons. The van der Waals surface area contributed by atoms with Crippen LogP contribution in [0.15, 0.2) is 0 Å². The smallest absolute Gasteiger partial charge is 0.0241 e. The lowest BCUT2D eigenvalue weighted by Gasteiger charge is -2.35. The first-order valence-electron chi connectivity index (χ1n) is 8.31. The average molecular weight is 268 g/mol. The molecule has 1 aliphatic carbocycles. The first kappa shape index (κ1) is 17.0. The molecule has 0 aromatic heterocycles. The van der Waals surface area contributed by atoms with Crippen molar-refractivity contribution in [2.24, 2.45) is 29.0 Å². The van der Waals surface area contributed by atoms with Crippen LogP contribution in [0, 0.1) is 23.2 Å². The Kier molecular flexibility index (Phi) is 6.82. The minimum atomic E-state index is 0.429. The topological polar surface area (TPSA) is 38.0 Å². The van der Waals surface area contributed by atoms with Crippen LogP contribution in [0.3, 0.4) is 0 Å². The second-order valence-corrected chi connectivity index (χ2v) is 8.07. The number of nitrogens with two attached hydrogens (primary N) is 1. The van der Waals surface area contributed by atoms with Crippen molar-refractivity contribution in [2.45, 2.75) is 85.6 Å². The third-order valence-corrected chi connectivity index (χ3v) is 4.87. The summed E-state index contributed by atoms with van der Waals surface area (Å²) >= 11 is 0. The largest absolute Gasteiger partial charge is 0.271 e. The van der Waals surface area contributed by atoms with Crippen LogP contribution < -0.4 is 11.3 Å². The molecule has 1 saturated carbocycles. The number of nitrogens with one attached hydrogen (secondary N) is 1. The van der Waals surface area contributed by atoms with Gasteiger partial charge in [0.1, 0.15) is 0 Å². The molecular formula is C17H36N2. The van der Waals surface area contributed by atoms with Gasteiger partial charge in [-0.3, -0.25) is 11.3 Å². The summed E-state index contributed by atoms with van der Waals surface area (Å²) in [6, 6.07) is 0.523. The Hall–Kier alpha value is -0.0800. The van der Waals surface area contributed by atoms with Crippen molar-refractivity contribution in [3.05, 3.63) is 0 Å². The van der Waals surface area contributed by atoms with Crippen LogP contribution in [-0.4, -0.2) is 6.04 Å². The molecule has 3 N–H and O–H groups in total. The molecule has 114 valence electrons. The van der Waals surface area contributed by atoms with Gasteiger partial charge in [0.15, 0.2) is 0 Å². The van der Waals surface area contributed by atoms with Crippen LogP contribution in [0.5, 0.6) is 0 Å². The number of hydrogen-bond acceptors (Lipinski definition) is 2. The van der Waals surface area contributed by atoms with Gasteiger partial charge < -0.3 is 0 Å². The minimum absolute atomic E-state index is 0.429. The molecule has 0 saturated heterocycles. The lowest BCUT2D eigenvalue weighted by atomic mass is 9.74. The summed E-state index contributed by atoms with van der Waals surface area (Å²) in [4.78, 5) is 0. The molecule has 0 bridgehead atoms. The van der Waals surface area contributed by atoms with Crippen LogP contribution in [-0.2, 0) is 0 Å². The number of hydrogen-bond donors (Lipinski definition) is 2. The number of rotatable bonds is 6. The quantitative estimate of drug-likeness (QED) is 0.550. The molecule has 1 aliphatic rings. The first-order valence-corrected chi connectivity index (χ1v) is 8.31. The van der Waals surface area contributed by atoms with Crippen molar-refractivity contribution >= 4 is 0 Å². The summed E-state index contributed by atoms with van der Waals surface area (Å²) in [5.74, 6) is 8.36. The van der Waals surface area contributed by atoms with E-state index in [0.29, 0.717) is 11.5 Å². The van der Waals surface area contributed by atoms with E-state index in [0.717, 1.165) is 17.8 Å². The van der Waals surface area contributed by atoms with Gasteiger partial charge in [0.05, 0.1) is 0 Å². The Morgan fingerprint density at radius 3 is 2.16 bits per heavy atom. The lowest BCUT2D eigenvalue weighted by molar-refractivity contribution is 0.185. The fourth-order valence-corrected chi connectivity index (χ4v) is 3.96. The van der Waals surface area contributed by atoms with E-state index in [1.165, 1.54) is 44.9 Å². The third-order valence-electron chi connectivity index (χ3n) is 4.87. The van der Waals surface area contributed by atoms with Crippen molar-refractivity contribution in [3.8, 4) is 0 Å². The van der Waals surface area contributed by atoms with E-state index in [2.05, 4.69) is 40.0 Å². The van der Waals surface area contributed by atoms with Gasteiger partial charge in [-0.15, -0.1) is 0 Å². The summed E-state index contributed by atoms with van der Waals surface area (Å²) in [6.07, 6.45) is 9.43. The highest BCUT2D eigenvalue weighted by Crippen LogP contribution is 2.35. The zero-order valence-electron chi connectivity index (χ0n) is 13.8. The molecule has 0 heterocycles. The van der Waals surface area contributed by atoms with Crippen LogP contribution in [0.4, 0.5) is 0 Å². The van der Waals surface area contributed by atoms with Crippen LogP contribution >= 0.6 is 0 Å². The zero-order chi connectivity index (χ0) is 14.5. The fraction of sp³-hybridized carbons (Fsp3) is 1.00. The second kappa shape index (κ2) is 7.64. The van der Waals surface area contributed by atoms with Gasteiger partial charge in [-0.2, -0.15) is 0 Å². The van der Waals surface area contributed by atoms with Gasteiger partial charge >= 0.3 is 0 Å². The molecule has 1 fully saturated rings. The van der Waals surface area contributed by atoms with Gasteiger partial charge in [-0.05, 0) is 48.9 Å². The molecule has 19 heavy (non-hydrogen) atoms. The van der Waals surface area contributed by atoms with Gasteiger partial charge in [-0.25, -0.2) is 0 Å². The molecule has 0 aromatic carbocycles. The van der Waals surface area contributed by atoms with E-state index in [4.69, 9.17) is 5.84 Å². The Morgan fingerprint density at radius 2 is 1.74 bits per heavy atom. The van der Waals surface area contributed by atoms with Crippen molar-refractivity contribution in [2.75, 3.05) is 0 Å². The Morgan fingerprint density at radius 1 is 1.16 bits per heavy atom. The van der Waals surface area contributed by atoms with Gasteiger partial charge in [0.25, 0.3) is 0 Å². The molecule has 2 unspecified atom stereocenters. The summed E-state index contributed by atoms with van der Waals surface area (Å²) in [6.45, 7) is 11.7. The second-order valence-electron chi connectivity index (χ2n) is 8.07. The van der Waals surface area contributed by atoms with Crippen LogP contribution in [0.2, 0.25) is 0 Å². The summed E-state index contributed by atoms with van der Waals surface area (Å²) in [7, 11) is 0. The van der Waals surface area contributed by atoms with Gasteiger partial charge in [-0.1, -0.05) is 53.9 Å². The molecule has 0 aliphatic heterocycles. The zero-order valence-corrected chi connectivity index (χ0v) is 13.8. The molecule has 2 heteroatoms. The lowest BCUT2D eigenvalue weighted by Crippen LogP contribution is -2.43. The van der Waals surface area contributed by atoms with Gasteiger partial charge in [0, 0.05) is 6.04 Å². The van der Waals surface area contributed by atoms with Crippen molar-refractivity contribution < 1.29 is 0 Å². The Labute approximate surface area is 120 Å². The van der Waals surface area contributed by atoms with E-state index in [9.17, 15) is 0 Å². The van der Waals surface area contributed by atoms with Crippen molar-refractivity contribution in [3.63, 3.8) is 0 Å². The van der Waals surface area contributed by atoms with E-state index < -0.39 is 0 Å². The maximum absolute atomic E-state index is 5.83. The van der Waals surface area contributed by atoms with E-state index in [1.54, 1.807) is 0 Å².